The summed E-state index contributed by atoms with van der Waals surface area (Å²) in [5, 5.41) is 0.552. The lowest BCUT2D eigenvalue weighted by atomic mass is 9.97. The van der Waals surface area contributed by atoms with E-state index in [0.717, 1.165) is 25.9 Å². The van der Waals surface area contributed by atoms with Gasteiger partial charge in [0, 0.05) is 42.7 Å². The first kappa shape index (κ1) is 18.2. The molecule has 25 heavy (non-hydrogen) atoms. The molecule has 0 aliphatic carbocycles. The smallest absolute Gasteiger partial charge is 0.215 e. The fourth-order valence-electron chi connectivity index (χ4n) is 3.09. The number of aromatic nitrogens is 1. The summed E-state index contributed by atoms with van der Waals surface area (Å²) in [5.74, 6) is 0.330. The molecule has 5 nitrogen and oxygen atoms in total. The number of pyridine rings is 1. The standard InChI is InChI=1S/C18H22ClN3O2S/c19-17-3-1-2-16(12-17)14-25(23,24)21-13-15-6-10-22(11-7-15)18-4-8-20-9-5-18/h1-5,8-9,12,15,21H,6-7,10-11,13-14H2. The number of benzene rings is 1. The van der Waals surface area contributed by atoms with E-state index >= 15 is 0 Å². The van der Waals surface area contributed by atoms with Crippen LogP contribution in [0.15, 0.2) is 48.8 Å². The van der Waals surface area contributed by atoms with Crippen molar-refractivity contribution in [1.82, 2.24) is 9.71 Å². The van der Waals surface area contributed by atoms with Crippen molar-refractivity contribution in [2.24, 2.45) is 5.92 Å². The molecule has 1 aromatic heterocycles. The highest BCUT2D eigenvalue weighted by atomic mass is 35.5. The molecule has 0 amide bonds. The first-order valence-electron chi connectivity index (χ1n) is 8.38. The van der Waals surface area contributed by atoms with E-state index in [1.54, 1.807) is 36.7 Å². The third-order valence-electron chi connectivity index (χ3n) is 4.48. The summed E-state index contributed by atoms with van der Waals surface area (Å²) in [4.78, 5) is 6.36. The van der Waals surface area contributed by atoms with Gasteiger partial charge < -0.3 is 4.90 Å². The Morgan fingerprint density at radius 2 is 1.88 bits per heavy atom. The highest BCUT2D eigenvalue weighted by Gasteiger charge is 2.21. The van der Waals surface area contributed by atoms with Crippen LogP contribution >= 0.6 is 11.6 Å². The summed E-state index contributed by atoms with van der Waals surface area (Å²) in [6.07, 6.45) is 5.54. The van der Waals surface area contributed by atoms with Gasteiger partial charge in [-0.05, 0) is 48.6 Å². The second kappa shape index (κ2) is 8.17. The van der Waals surface area contributed by atoms with E-state index < -0.39 is 10.0 Å². The fraction of sp³-hybridized carbons (Fsp3) is 0.389. The SMILES string of the molecule is O=S(=O)(Cc1cccc(Cl)c1)NCC1CCN(c2ccncc2)CC1. The van der Waals surface area contributed by atoms with Crippen LogP contribution in [0.2, 0.25) is 5.02 Å². The van der Waals surface area contributed by atoms with Crippen molar-refractivity contribution in [2.75, 3.05) is 24.5 Å². The zero-order valence-corrected chi connectivity index (χ0v) is 15.5. The molecule has 2 heterocycles. The number of piperidine rings is 1. The van der Waals surface area contributed by atoms with Crippen LogP contribution in [0, 0.1) is 5.92 Å². The Morgan fingerprint density at radius 1 is 1.16 bits per heavy atom. The van der Waals surface area contributed by atoms with Gasteiger partial charge in [0.2, 0.25) is 10.0 Å². The van der Waals surface area contributed by atoms with Gasteiger partial charge in [0.1, 0.15) is 0 Å². The number of hydrogen-bond donors (Lipinski definition) is 1. The maximum absolute atomic E-state index is 12.3. The van der Waals surface area contributed by atoms with Crippen molar-refractivity contribution < 1.29 is 8.42 Å². The van der Waals surface area contributed by atoms with Crippen molar-refractivity contribution >= 4 is 27.3 Å². The molecule has 1 aliphatic heterocycles. The van der Waals surface area contributed by atoms with Crippen LogP contribution in [0.1, 0.15) is 18.4 Å². The molecule has 0 atom stereocenters. The molecule has 0 radical (unpaired) electrons. The quantitative estimate of drug-likeness (QED) is 0.837. The summed E-state index contributed by atoms with van der Waals surface area (Å²) < 4.78 is 27.3. The highest BCUT2D eigenvalue weighted by molar-refractivity contribution is 7.88. The van der Waals surface area contributed by atoms with Gasteiger partial charge in [-0.15, -0.1) is 0 Å². The van der Waals surface area contributed by atoms with Gasteiger partial charge in [0.05, 0.1) is 5.75 Å². The number of rotatable bonds is 6. The van der Waals surface area contributed by atoms with Crippen LogP contribution in [0.3, 0.4) is 0 Å². The molecule has 7 heteroatoms. The number of halogens is 1. The Bertz CT molecular complexity index is 791. The zero-order chi connectivity index (χ0) is 17.7. The molecule has 134 valence electrons. The van der Waals surface area contributed by atoms with Crippen molar-refractivity contribution in [3.05, 3.63) is 59.4 Å². The average Bonchev–Trinajstić information content (AvgIpc) is 2.61. The minimum atomic E-state index is -3.35. The lowest BCUT2D eigenvalue weighted by Crippen LogP contribution is -2.38. The van der Waals surface area contributed by atoms with Gasteiger partial charge in [-0.25, -0.2) is 13.1 Å². The summed E-state index contributed by atoms with van der Waals surface area (Å²) in [6.45, 7) is 2.36. The highest BCUT2D eigenvalue weighted by Crippen LogP contribution is 2.22. The Balaban J connectivity index is 1.47. The number of nitrogens with zero attached hydrogens (tertiary/aromatic N) is 2. The van der Waals surface area contributed by atoms with E-state index in [2.05, 4.69) is 14.6 Å². The van der Waals surface area contributed by atoms with E-state index in [-0.39, 0.29) is 5.75 Å². The second-order valence-corrected chi connectivity index (χ2v) is 8.62. The lowest BCUT2D eigenvalue weighted by molar-refractivity contribution is 0.402. The molecule has 3 rings (SSSR count). The average molecular weight is 380 g/mol. The molecule has 1 fully saturated rings. The Morgan fingerprint density at radius 3 is 2.56 bits per heavy atom. The van der Waals surface area contributed by atoms with Gasteiger partial charge in [-0.1, -0.05) is 23.7 Å². The van der Waals surface area contributed by atoms with E-state index in [1.807, 2.05) is 12.1 Å². The maximum atomic E-state index is 12.3. The molecule has 0 spiro atoms. The summed E-state index contributed by atoms with van der Waals surface area (Å²) in [5.41, 5.74) is 1.88. The Labute approximate surface area is 154 Å². The van der Waals surface area contributed by atoms with E-state index in [1.165, 1.54) is 5.69 Å². The first-order chi connectivity index (χ1) is 12.0. The fourth-order valence-corrected chi connectivity index (χ4v) is 4.52. The minimum absolute atomic E-state index is 0.0383. The van der Waals surface area contributed by atoms with Crippen LogP contribution in [0.25, 0.3) is 0 Å². The Hall–Kier alpha value is -1.63. The monoisotopic (exact) mass is 379 g/mol. The number of nitrogens with one attached hydrogen (secondary N) is 1. The summed E-state index contributed by atoms with van der Waals surface area (Å²) in [6, 6.07) is 11.0. The lowest BCUT2D eigenvalue weighted by Gasteiger charge is -2.33. The van der Waals surface area contributed by atoms with Crippen LogP contribution < -0.4 is 9.62 Å². The van der Waals surface area contributed by atoms with E-state index in [4.69, 9.17) is 11.6 Å². The Kier molecular flexibility index (Phi) is 5.93. The van der Waals surface area contributed by atoms with Crippen LogP contribution in [-0.2, 0) is 15.8 Å². The largest absolute Gasteiger partial charge is 0.371 e. The summed E-state index contributed by atoms with van der Waals surface area (Å²) >= 11 is 5.91. The van der Waals surface area contributed by atoms with Crippen molar-refractivity contribution in [1.29, 1.82) is 0 Å². The van der Waals surface area contributed by atoms with Crippen molar-refractivity contribution in [2.45, 2.75) is 18.6 Å². The van der Waals surface area contributed by atoms with Gasteiger partial charge in [-0.2, -0.15) is 0 Å². The van der Waals surface area contributed by atoms with Crippen LogP contribution in [-0.4, -0.2) is 33.0 Å². The molecule has 1 aliphatic rings. The predicted molar refractivity (Wildman–Crippen MR) is 101 cm³/mol. The van der Waals surface area contributed by atoms with Gasteiger partial charge in [-0.3, -0.25) is 4.98 Å². The molecule has 1 saturated heterocycles. The van der Waals surface area contributed by atoms with Crippen LogP contribution in [0.5, 0.6) is 0 Å². The third-order valence-corrected chi connectivity index (χ3v) is 6.04. The maximum Gasteiger partial charge on any atom is 0.215 e. The topological polar surface area (TPSA) is 62.3 Å². The first-order valence-corrected chi connectivity index (χ1v) is 10.4. The third kappa shape index (κ3) is 5.42. The van der Waals surface area contributed by atoms with Gasteiger partial charge >= 0.3 is 0 Å². The van der Waals surface area contributed by atoms with Crippen molar-refractivity contribution in [3.8, 4) is 0 Å². The molecule has 0 bridgehead atoms. The van der Waals surface area contributed by atoms with E-state index in [0.29, 0.717) is 23.0 Å². The van der Waals surface area contributed by atoms with E-state index in [9.17, 15) is 8.42 Å². The number of sulfonamides is 1. The van der Waals surface area contributed by atoms with Crippen LogP contribution in [0.4, 0.5) is 5.69 Å². The number of hydrogen-bond acceptors (Lipinski definition) is 4. The minimum Gasteiger partial charge on any atom is -0.371 e. The molecule has 0 unspecified atom stereocenters. The molecule has 1 aromatic carbocycles. The predicted octanol–water partition coefficient (Wildman–Crippen LogP) is 3.07. The second-order valence-electron chi connectivity index (χ2n) is 6.37. The van der Waals surface area contributed by atoms with Gasteiger partial charge in [0.15, 0.2) is 0 Å². The molecular weight excluding hydrogens is 358 g/mol. The summed E-state index contributed by atoms with van der Waals surface area (Å²) in [7, 11) is -3.35. The molecular formula is C18H22ClN3O2S. The normalized spacial score (nSPS) is 16.1. The zero-order valence-electron chi connectivity index (χ0n) is 13.9. The molecule has 2 aromatic rings. The van der Waals surface area contributed by atoms with Crippen molar-refractivity contribution in [3.63, 3.8) is 0 Å². The molecule has 0 saturated carbocycles. The molecule has 1 N–H and O–H groups in total. The van der Waals surface area contributed by atoms with Gasteiger partial charge in [0.25, 0.3) is 0 Å². The number of anilines is 1.